The van der Waals surface area contributed by atoms with Crippen molar-refractivity contribution in [3.05, 3.63) is 48.6 Å². The zero-order valence-corrected chi connectivity index (χ0v) is 31.5. The SMILES string of the molecule is CC/C=C\C/C=C\C/C=C\C/C=C\CCCCCCCCCOCC(COC1OC(COC2OC(CO)C(O)C(O)C2O)C(O)C(O)C1O)OC(C)=O. The predicted octanol–water partition coefficient (Wildman–Crippen LogP) is 2.50. The highest BCUT2D eigenvalue weighted by Crippen LogP contribution is 2.26. The summed E-state index contributed by atoms with van der Waals surface area (Å²) in [4.78, 5) is 11.7. The first-order valence-electron chi connectivity index (χ1n) is 19.2. The fraction of sp³-hybridized carbons (Fsp3) is 0.769. The highest BCUT2D eigenvalue weighted by atomic mass is 16.7. The van der Waals surface area contributed by atoms with Gasteiger partial charge in [0.05, 0.1) is 26.4 Å². The third-order valence-corrected chi connectivity index (χ3v) is 8.90. The van der Waals surface area contributed by atoms with Crippen LogP contribution in [0.15, 0.2) is 48.6 Å². The molecule has 2 aliphatic heterocycles. The first kappa shape index (κ1) is 47.1. The summed E-state index contributed by atoms with van der Waals surface area (Å²) in [6.45, 7) is 2.50. The maximum absolute atomic E-state index is 11.7. The van der Waals surface area contributed by atoms with Gasteiger partial charge in [-0.3, -0.25) is 4.79 Å². The van der Waals surface area contributed by atoms with Gasteiger partial charge >= 0.3 is 5.97 Å². The Balaban J connectivity index is 1.59. The monoisotopic (exact) mass is 758 g/mol. The van der Waals surface area contributed by atoms with E-state index < -0.39 is 86.7 Å². The first-order chi connectivity index (χ1) is 25.6. The molecule has 11 atom stereocenters. The quantitative estimate of drug-likeness (QED) is 0.0365. The summed E-state index contributed by atoms with van der Waals surface area (Å²) in [6, 6.07) is 0. The molecule has 7 N–H and O–H groups in total. The first-order valence-corrected chi connectivity index (χ1v) is 19.2. The van der Waals surface area contributed by atoms with Crippen LogP contribution >= 0.6 is 0 Å². The van der Waals surface area contributed by atoms with Gasteiger partial charge in [0.25, 0.3) is 0 Å². The average molecular weight is 759 g/mol. The van der Waals surface area contributed by atoms with Crippen molar-refractivity contribution in [2.75, 3.05) is 33.0 Å². The normalized spacial score (nSPS) is 30.3. The lowest BCUT2D eigenvalue weighted by Crippen LogP contribution is -2.61. The molecule has 11 unspecified atom stereocenters. The number of carbonyl (C=O) groups is 1. The zero-order valence-electron chi connectivity index (χ0n) is 31.5. The summed E-state index contributed by atoms with van der Waals surface area (Å²) in [6.07, 6.45) is 14.4. The molecular formula is C39H66O14. The van der Waals surface area contributed by atoms with Crippen LogP contribution in [-0.2, 0) is 33.2 Å². The second-order valence-electron chi connectivity index (χ2n) is 13.4. The molecule has 0 aromatic rings. The van der Waals surface area contributed by atoms with E-state index in [0.717, 1.165) is 57.8 Å². The van der Waals surface area contributed by atoms with Gasteiger partial charge in [-0.25, -0.2) is 0 Å². The number of aliphatic hydroxyl groups is 7. The van der Waals surface area contributed by atoms with Gasteiger partial charge in [0.1, 0.15) is 54.9 Å². The van der Waals surface area contributed by atoms with Crippen molar-refractivity contribution in [2.45, 2.75) is 158 Å². The molecule has 2 rings (SSSR count). The molecular weight excluding hydrogens is 692 g/mol. The van der Waals surface area contributed by atoms with Gasteiger partial charge < -0.3 is 64.2 Å². The average Bonchev–Trinajstić information content (AvgIpc) is 3.14. The fourth-order valence-corrected chi connectivity index (χ4v) is 5.80. The minimum Gasteiger partial charge on any atom is -0.458 e. The number of ether oxygens (including phenoxy) is 6. The van der Waals surface area contributed by atoms with Crippen molar-refractivity contribution < 1.29 is 69.0 Å². The third-order valence-electron chi connectivity index (χ3n) is 8.90. The molecule has 2 fully saturated rings. The van der Waals surface area contributed by atoms with Crippen molar-refractivity contribution in [2.24, 2.45) is 0 Å². The van der Waals surface area contributed by atoms with Crippen molar-refractivity contribution in [3.8, 4) is 0 Å². The van der Waals surface area contributed by atoms with Gasteiger partial charge in [0.15, 0.2) is 12.6 Å². The molecule has 14 nitrogen and oxygen atoms in total. The van der Waals surface area contributed by atoms with Crippen LogP contribution in [0, 0.1) is 0 Å². The van der Waals surface area contributed by atoms with Gasteiger partial charge in [-0.1, -0.05) is 87.6 Å². The van der Waals surface area contributed by atoms with E-state index in [2.05, 4.69) is 55.5 Å². The summed E-state index contributed by atoms with van der Waals surface area (Å²) >= 11 is 0. The van der Waals surface area contributed by atoms with Gasteiger partial charge in [-0.05, 0) is 44.9 Å². The Bertz CT molecular complexity index is 1060. The predicted molar refractivity (Wildman–Crippen MR) is 196 cm³/mol. The van der Waals surface area contributed by atoms with E-state index >= 15 is 0 Å². The van der Waals surface area contributed by atoms with Crippen molar-refractivity contribution in [3.63, 3.8) is 0 Å². The van der Waals surface area contributed by atoms with E-state index in [1.54, 1.807) is 0 Å². The minimum absolute atomic E-state index is 0.0362. The minimum atomic E-state index is -1.70. The van der Waals surface area contributed by atoms with E-state index in [9.17, 15) is 40.5 Å². The molecule has 2 heterocycles. The Labute approximate surface area is 314 Å². The van der Waals surface area contributed by atoms with Crippen LogP contribution in [0.5, 0.6) is 0 Å². The zero-order chi connectivity index (χ0) is 38.8. The number of aliphatic hydroxyl groups excluding tert-OH is 7. The Kier molecular flexibility index (Phi) is 25.2. The smallest absolute Gasteiger partial charge is 0.303 e. The number of carbonyl (C=O) groups excluding carboxylic acids is 1. The highest BCUT2D eigenvalue weighted by molar-refractivity contribution is 5.66. The number of rotatable bonds is 27. The van der Waals surface area contributed by atoms with Gasteiger partial charge in [0.2, 0.25) is 0 Å². The van der Waals surface area contributed by atoms with Crippen molar-refractivity contribution >= 4 is 5.97 Å². The molecule has 0 spiro atoms. The van der Waals surface area contributed by atoms with E-state index in [1.807, 2.05) is 0 Å². The van der Waals surface area contributed by atoms with E-state index in [-0.39, 0.29) is 13.2 Å². The summed E-state index contributed by atoms with van der Waals surface area (Å²) < 4.78 is 33.0. The van der Waals surface area contributed by atoms with Crippen LogP contribution < -0.4 is 0 Å². The summed E-state index contributed by atoms with van der Waals surface area (Å²) in [7, 11) is 0. The Morgan fingerprint density at radius 2 is 1.13 bits per heavy atom. The number of esters is 1. The molecule has 0 saturated carbocycles. The Morgan fingerprint density at radius 1 is 0.623 bits per heavy atom. The van der Waals surface area contributed by atoms with E-state index in [1.165, 1.54) is 26.2 Å². The van der Waals surface area contributed by atoms with Crippen LogP contribution in [0.1, 0.15) is 90.9 Å². The molecule has 0 aromatic carbocycles. The highest BCUT2D eigenvalue weighted by Gasteiger charge is 2.47. The molecule has 306 valence electrons. The van der Waals surface area contributed by atoms with Crippen molar-refractivity contribution in [1.29, 1.82) is 0 Å². The van der Waals surface area contributed by atoms with Crippen molar-refractivity contribution in [1.82, 2.24) is 0 Å². The number of unbranched alkanes of at least 4 members (excludes halogenated alkanes) is 7. The number of allylic oxidation sites excluding steroid dienone is 8. The topological polar surface area (TPSA) is 214 Å². The third kappa shape index (κ3) is 18.9. The molecule has 0 bridgehead atoms. The van der Waals surface area contributed by atoms with E-state index in [0.29, 0.717) is 6.61 Å². The molecule has 0 radical (unpaired) electrons. The van der Waals surface area contributed by atoms with Crippen LogP contribution in [0.3, 0.4) is 0 Å². The van der Waals surface area contributed by atoms with Crippen LogP contribution in [0.4, 0.5) is 0 Å². The van der Waals surface area contributed by atoms with Crippen LogP contribution in [0.25, 0.3) is 0 Å². The Morgan fingerprint density at radius 3 is 1.72 bits per heavy atom. The summed E-state index contributed by atoms with van der Waals surface area (Å²) in [5, 5.41) is 70.8. The molecule has 0 aliphatic carbocycles. The van der Waals surface area contributed by atoms with Crippen LogP contribution in [0.2, 0.25) is 0 Å². The lowest BCUT2D eigenvalue weighted by atomic mass is 9.98. The van der Waals surface area contributed by atoms with Gasteiger partial charge in [-0.15, -0.1) is 0 Å². The lowest BCUT2D eigenvalue weighted by Gasteiger charge is -2.42. The van der Waals surface area contributed by atoms with Gasteiger partial charge in [-0.2, -0.15) is 0 Å². The van der Waals surface area contributed by atoms with Gasteiger partial charge in [0, 0.05) is 13.5 Å². The van der Waals surface area contributed by atoms with Crippen LogP contribution in [-0.4, -0.2) is 142 Å². The summed E-state index contributed by atoms with van der Waals surface area (Å²) in [5.74, 6) is -0.560. The number of hydrogen-bond acceptors (Lipinski definition) is 14. The Hall–Kier alpha value is -2.05. The maximum atomic E-state index is 11.7. The second kappa shape index (κ2) is 28.4. The largest absolute Gasteiger partial charge is 0.458 e. The molecule has 14 heteroatoms. The second-order valence-corrected chi connectivity index (χ2v) is 13.4. The van der Waals surface area contributed by atoms with E-state index in [4.69, 9.17) is 28.4 Å². The lowest BCUT2D eigenvalue weighted by molar-refractivity contribution is -0.332. The number of hydrogen-bond donors (Lipinski definition) is 7. The molecule has 53 heavy (non-hydrogen) atoms. The standard InChI is InChI=1S/C39H66O14/c1-3-4-5-6-7-8-9-10-11-12-13-14-15-16-17-18-19-20-21-22-23-48-25-29(51-28(2)41)26-49-38-37(47)35(45)33(43)31(53-38)27-50-39-36(46)34(44)32(42)30(24-40)52-39/h4-5,7-8,10-11,13-14,29-40,42-47H,3,6,9,12,15-27H2,1-2H3/b5-4-,8-7-,11-10-,14-13-. The summed E-state index contributed by atoms with van der Waals surface area (Å²) in [5.41, 5.74) is 0. The molecule has 2 saturated heterocycles. The molecule has 0 amide bonds. The maximum Gasteiger partial charge on any atom is 0.303 e. The molecule has 2 aliphatic rings. The fourth-order valence-electron chi connectivity index (χ4n) is 5.80. The molecule has 0 aromatic heterocycles.